The Hall–Kier alpha value is -2.48. The van der Waals surface area contributed by atoms with Crippen molar-refractivity contribution in [2.24, 2.45) is 0 Å². The molecule has 4 rings (SSSR count). The van der Waals surface area contributed by atoms with Gasteiger partial charge in [-0.1, -0.05) is 48.5 Å². The Morgan fingerprint density at radius 2 is 1.68 bits per heavy atom. The van der Waals surface area contributed by atoms with Crippen LogP contribution in [0.2, 0.25) is 0 Å². The van der Waals surface area contributed by atoms with Crippen molar-refractivity contribution in [1.29, 1.82) is 0 Å². The second-order valence-corrected chi connectivity index (χ2v) is 9.70. The van der Waals surface area contributed by atoms with Crippen molar-refractivity contribution in [2.75, 3.05) is 11.9 Å². The molecule has 1 unspecified atom stereocenters. The van der Waals surface area contributed by atoms with Gasteiger partial charge in [0.05, 0.1) is 0 Å². The van der Waals surface area contributed by atoms with Crippen molar-refractivity contribution in [1.82, 2.24) is 4.31 Å². The van der Waals surface area contributed by atoms with Crippen molar-refractivity contribution < 1.29 is 13.2 Å². The molecule has 2 aromatic carbocycles. The summed E-state index contributed by atoms with van der Waals surface area (Å²) in [5.41, 5.74) is 2.82. The molecular formula is C21H20N2O3S2. The number of rotatable bonds is 5. The van der Waals surface area contributed by atoms with E-state index in [1.165, 1.54) is 15.6 Å². The molecule has 3 aromatic rings. The Morgan fingerprint density at radius 1 is 0.964 bits per heavy atom. The minimum atomic E-state index is -3.63. The molecule has 0 bridgehead atoms. The topological polar surface area (TPSA) is 66.5 Å². The van der Waals surface area contributed by atoms with Crippen LogP contribution in [0.3, 0.4) is 0 Å². The van der Waals surface area contributed by atoms with E-state index in [0.29, 0.717) is 25.1 Å². The molecule has 0 spiro atoms. The van der Waals surface area contributed by atoms with Gasteiger partial charge in [-0.05, 0) is 47.5 Å². The van der Waals surface area contributed by atoms with Crippen LogP contribution >= 0.6 is 11.3 Å². The molecule has 7 heteroatoms. The van der Waals surface area contributed by atoms with Gasteiger partial charge in [-0.3, -0.25) is 4.79 Å². The van der Waals surface area contributed by atoms with Crippen LogP contribution in [0.5, 0.6) is 0 Å². The molecule has 5 nitrogen and oxygen atoms in total. The predicted octanol–water partition coefficient (Wildman–Crippen LogP) is 4.21. The molecule has 1 saturated heterocycles. The minimum absolute atomic E-state index is 0.277. The maximum Gasteiger partial charge on any atom is 0.253 e. The summed E-state index contributed by atoms with van der Waals surface area (Å²) in [7, 11) is -3.63. The first-order valence-corrected chi connectivity index (χ1v) is 11.4. The van der Waals surface area contributed by atoms with Gasteiger partial charge in [-0.25, -0.2) is 8.42 Å². The van der Waals surface area contributed by atoms with E-state index in [1.807, 2.05) is 54.6 Å². The monoisotopic (exact) mass is 412 g/mol. The van der Waals surface area contributed by atoms with Gasteiger partial charge in [0.1, 0.15) is 10.3 Å². The van der Waals surface area contributed by atoms with Gasteiger partial charge >= 0.3 is 0 Å². The summed E-state index contributed by atoms with van der Waals surface area (Å²) in [5, 5.41) is 4.60. The summed E-state index contributed by atoms with van der Waals surface area (Å²) in [5.74, 6) is -0.287. The van der Waals surface area contributed by atoms with Gasteiger partial charge in [-0.15, -0.1) is 11.3 Å². The maximum absolute atomic E-state index is 12.8. The zero-order valence-electron chi connectivity index (χ0n) is 15.1. The fourth-order valence-corrected chi connectivity index (χ4v) is 6.19. The van der Waals surface area contributed by atoms with Crippen LogP contribution in [0, 0.1) is 0 Å². The van der Waals surface area contributed by atoms with Crippen molar-refractivity contribution in [3.63, 3.8) is 0 Å². The van der Waals surface area contributed by atoms with Crippen LogP contribution in [0.25, 0.3) is 11.1 Å². The molecule has 0 aliphatic carbocycles. The van der Waals surface area contributed by atoms with Crippen molar-refractivity contribution in [2.45, 2.75) is 23.1 Å². The summed E-state index contributed by atoms with van der Waals surface area (Å²) in [6.45, 7) is 0.366. The van der Waals surface area contributed by atoms with E-state index in [9.17, 15) is 13.2 Å². The van der Waals surface area contributed by atoms with Gasteiger partial charge < -0.3 is 5.32 Å². The highest BCUT2D eigenvalue weighted by Crippen LogP contribution is 2.29. The number of carbonyl (C=O) groups is 1. The lowest BCUT2D eigenvalue weighted by atomic mass is 10.1. The average Bonchev–Trinajstić information content (AvgIpc) is 3.42. The predicted molar refractivity (Wildman–Crippen MR) is 112 cm³/mol. The molecule has 0 saturated carbocycles. The van der Waals surface area contributed by atoms with Crippen LogP contribution in [0.15, 0.2) is 76.3 Å². The lowest BCUT2D eigenvalue weighted by Gasteiger charge is -2.22. The largest absolute Gasteiger partial charge is 0.325 e. The van der Waals surface area contributed by atoms with Crippen LogP contribution in [0.1, 0.15) is 12.8 Å². The van der Waals surface area contributed by atoms with Crippen LogP contribution in [-0.4, -0.2) is 31.2 Å². The van der Waals surface area contributed by atoms with E-state index < -0.39 is 16.1 Å². The number of benzene rings is 2. The molecule has 0 radical (unpaired) electrons. The third-order valence-electron chi connectivity index (χ3n) is 4.82. The number of sulfonamides is 1. The normalized spacial score (nSPS) is 17.5. The van der Waals surface area contributed by atoms with Gasteiger partial charge in [-0.2, -0.15) is 4.31 Å². The summed E-state index contributed by atoms with van der Waals surface area (Å²) >= 11 is 1.17. The van der Waals surface area contributed by atoms with E-state index in [-0.39, 0.29) is 10.1 Å². The molecule has 1 fully saturated rings. The Morgan fingerprint density at radius 3 is 2.36 bits per heavy atom. The number of hydrogen-bond acceptors (Lipinski definition) is 4. The molecule has 1 amide bonds. The smallest absolute Gasteiger partial charge is 0.253 e. The zero-order chi connectivity index (χ0) is 19.6. The maximum atomic E-state index is 12.8. The van der Waals surface area contributed by atoms with E-state index in [1.54, 1.807) is 17.5 Å². The fraction of sp³-hybridized carbons (Fsp3) is 0.190. The number of nitrogens with zero attached hydrogens (tertiary/aromatic N) is 1. The molecule has 2 heterocycles. The van der Waals surface area contributed by atoms with Crippen LogP contribution in [-0.2, 0) is 14.8 Å². The lowest BCUT2D eigenvalue weighted by molar-refractivity contribution is -0.119. The first-order valence-electron chi connectivity index (χ1n) is 9.07. The van der Waals surface area contributed by atoms with Crippen molar-refractivity contribution in [3.8, 4) is 11.1 Å². The van der Waals surface area contributed by atoms with E-state index in [2.05, 4.69) is 5.32 Å². The quantitative estimate of drug-likeness (QED) is 0.683. The number of amides is 1. The number of hydrogen-bond donors (Lipinski definition) is 1. The Kier molecular flexibility index (Phi) is 5.30. The SMILES string of the molecule is O=C(Nc1ccc(-c2ccccc2)cc1)C1CCCN1S(=O)(=O)c1cccs1. The first-order chi connectivity index (χ1) is 13.6. The third kappa shape index (κ3) is 3.73. The summed E-state index contributed by atoms with van der Waals surface area (Å²) in [6, 6.07) is 20.2. The number of carbonyl (C=O) groups excluding carboxylic acids is 1. The molecule has 28 heavy (non-hydrogen) atoms. The second-order valence-electron chi connectivity index (χ2n) is 6.64. The highest BCUT2D eigenvalue weighted by Gasteiger charge is 2.39. The Bertz CT molecular complexity index is 1050. The average molecular weight is 413 g/mol. The molecule has 1 aromatic heterocycles. The van der Waals surface area contributed by atoms with Gasteiger partial charge in [0, 0.05) is 12.2 Å². The van der Waals surface area contributed by atoms with E-state index >= 15 is 0 Å². The molecular weight excluding hydrogens is 392 g/mol. The zero-order valence-corrected chi connectivity index (χ0v) is 16.7. The van der Waals surface area contributed by atoms with E-state index in [4.69, 9.17) is 0 Å². The Balaban J connectivity index is 1.49. The van der Waals surface area contributed by atoms with Gasteiger partial charge in [0.2, 0.25) is 5.91 Å². The molecule has 1 aliphatic heterocycles. The highest BCUT2D eigenvalue weighted by atomic mass is 32.2. The number of thiophene rings is 1. The van der Waals surface area contributed by atoms with Crippen molar-refractivity contribution >= 4 is 33.0 Å². The highest BCUT2D eigenvalue weighted by molar-refractivity contribution is 7.91. The summed E-state index contributed by atoms with van der Waals surface area (Å²) < 4.78 is 27.2. The molecule has 1 aliphatic rings. The standard InChI is InChI=1S/C21H20N2O3S2/c24-21(19-8-4-14-23(19)28(25,26)20-9-5-15-27-20)22-18-12-10-17(11-13-18)16-6-2-1-3-7-16/h1-3,5-7,9-13,15,19H,4,8,14H2,(H,22,24). The Labute approximate surface area is 168 Å². The molecule has 1 atom stereocenters. The van der Waals surface area contributed by atoms with Crippen molar-refractivity contribution in [3.05, 3.63) is 72.1 Å². The first kappa shape index (κ1) is 18.9. The molecule has 1 N–H and O–H groups in total. The minimum Gasteiger partial charge on any atom is -0.325 e. The lowest BCUT2D eigenvalue weighted by Crippen LogP contribution is -2.42. The number of nitrogens with one attached hydrogen (secondary N) is 1. The van der Waals surface area contributed by atoms with Gasteiger partial charge in [0.15, 0.2) is 0 Å². The fourth-order valence-electron chi connectivity index (χ4n) is 3.42. The third-order valence-corrected chi connectivity index (χ3v) is 8.11. The van der Waals surface area contributed by atoms with E-state index in [0.717, 1.165) is 11.1 Å². The second kappa shape index (κ2) is 7.87. The summed E-state index contributed by atoms with van der Waals surface area (Å²) in [4.78, 5) is 12.8. The van der Waals surface area contributed by atoms with Crippen LogP contribution < -0.4 is 5.32 Å². The van der Waals surface area contributed by atoms with Gasteiger partial charge in [0.25, 0.3) is 10.0 Å². The summed E-state index contributed by atoms with van der Waals surface area (Å²) in [6.07, 6.45) is 1.20. The number of anilines is 1. The molecule has 144 valence electrons. The van der Waals surface area contributed by atoms with Crippen LogP contribution in [0.4, 0.5) is 5.69 Å².